The highest BCUT2D eigenvalue weighted by molar-refractivity contribution is 6.10. The van der Waals surface area contributed by atoms with Gasteiger partial charge >= 0.3 is 0 Å². The summed E-state index contributed by atoms with van der Waals surface area (Å²) in [5.41, 5.74) is 11.2. The van der Waals surface area contributed by atoms with Gasteiger partial charge in [0, 0.05) is 6.54 Å². The molecule has 3 heterocycles. The Labute approximate surface area is 206 Å². The number of methoxy groups -OCH3 is 1. The van der Waals surface area contributed by atoms with Crippen molar-refractivity contribution in [3.8, 4) is 17.2 Å². The van der Waals surface area contributed by atoms with Crippen LogP contribution >= 0.6 is 0 Å². The molecule has 3 aromatic carbocycles. The van der Waals surface area contributed by atoms with Crippen LogP contribution in [0.15, 0.2) is 66.7 Å². The van der Waals surface area contributed by atoms with E-state index in [1.165, 1.54) is 0 Å². The molecule has 180 valence electrons. The molecule has 36 heavy (non-hydrogen) atoms. The fraction of sp³-hybridized carbons (Fsp3) is 0.148. The molecule has 6 rings (SSSR count). The smallest absolute Gasteiger partial charge is 0.257 e. The minimum Gasteiger partial charge on any atom is -0.497 e. The summed E-state index contributed by atoms with van der Waals surface area (Å²) in [7, 11) is 1.63. The van der Waals surface area contributed by atoms with E-state index in [1.54, 1.807) is 7.11 Å². The van der Waals surface area contributed by atoms with Crippen LogP contribution in [0.4, 0.5) is 5.82 Å². The van der Waals surface area contributed by atoms with Crippen molar-refractivity contribution < 1.29 is 19.0 Å². The van der Waals surface area contributed by atoms with Gasteiger partial charge in [-0.1, -0.05) is 30.3 Å². The Morgan fingerprint density at radius 2 is 1.72 bits per heavy atom. The maximum atomic E-state index is 13.4. The lowest BCUT2D eigenvalue weighted by molar-refractivity contribution is 0.0953. The number of hydrogen-bond acceptors (Lipinski definition) is 7. The van der Waals surface area contributed by atoms with Crippen LogP contribution in [0.2, 0.25) is 0 Å². The third-order valence-electron chi connectivity index (χ3n) is 6.21. The molecule has 0 saturated carbocycles. The normalized spacial score (nSPS) is 12.2. The monoisotopic (exact) mass is 481 g/mol. The number of aromatic nitrogens is 3. The summed E-state index contributed by atoms with van der Waals surface area (Å²) >= 11 is 0. The van der Waals surface area contributed by atoms with Gasteiger partial charge in [0.1, 0.15) is 22.6 Å². The summed E-state index contributed by atoms with van der Waals surface area (Å²) in [4.78, 5) is 23.0. The molecular formula is C27H23N5O4. The van der Waals surface area contributed by atoms with Crippen LogP contribution in [-0.4, -0.2) is 34.3 Å². The Bertz CT molecular complexity index is 1610. The average molecular weight is 482 g/mol. The van der Waals surface area contributed by atoms with E-state index in [4.69, 9.17) is 29.9 Å². The van der Waals surface area contributed by atoms with Crippen LogP contribution in [0, 0.1) is 0 Å². The number of anilines is 1. The second-order valence-electron chi connectivity index (χ2n) is 8.45. The van der Waals surface area contributed by atoms with Gasteiger partial charge in [-0.15, -0.1) is 0 Å². The van der Waals surface area contributed by atoms with Crippen molar-refractivity contribution in [3.05, 3.63) is 83.4 Å². The summed E-state index contributed by atoms with van der Waals surface area (Å²) in [5, 5.41) is 2.97. The van der Waals surface area contributed by atoms with Gasteiger partial charge in [0.25, 0.3) is 5.91 Å². The summed E-state index contributed by atoms with van der Waals surface area (Å²) in [6.45, 7) is 0.915. The van der Waals surface area contributed by atoms with Gasteiger partial charge in [-0.2, -0.15) is 0 Å². The predicted octanol–water partition coefficient (Wildman–Crippen LogP) is 3.88. The number of nitrogens with one attached hydrogen (secondary N) is 1. The molecule has 0 aliphatic carbocycles. The molecule has 9 nitrogen and oxygen atoms in total. The topological polar surface area (TPSA) is 114 Å². The molecule has 0 saturated heterocycles. The molecule has 0 bridgehead atoms. The largest absolute Gasteiger partial charge is 0.497 e. The van der Waals surface area contributed by atoms with Crippen LogP contribution in [0.25, 0.3) is 22.2 Å². The first-order chi connectivity index (χ1) is 17.6. The number of nitrogen functional groups attached to an aromatic ring is 1. The Morgan fingerprint density at radius 3 is 2.50 bits per heavy atom. The van der Waals surface area contributed by atoms with E-state index < -0.39 is 0 Å². The Morgan fingerprint density at radius 1 is 1.00 bits per heavy atom. The van der Waals surface area contributed by atoms with Gasteiger partial charge < -0.3 is 29.8 Å². The highest BCUT2D eigenvalue weighted by Gasteiger charge is 2.24. The van der Waals surface area contributed by atoms with Gasteiger partial charge in [0.15, 0.2) is 17.1 Å². The maximum Gasteiger partial charge on any atom is 0.257 e. The lowest BCUT2D eigenvalue weighted by Crippen LogP contribution is -2.24. The molecule has 1 aliphatic rings. The Kier molecular flexibility index (Phi) is 5.29. The van der Waals surface area contributed by atoms with Crippen LogP contribution in [0.3, 0.4) is 0 Å². The number of carbonyl (C=O) groups is 1. The first-order valence-electron chi connectivity index (χ1n) is 11.4. The number of para-hydroxylation sites is 2. The number of fused-ring (bicyclic) bond motifs is 3. The number of nitrogens with zero attached hydrogens (tertiary/aromatic N) is 3. The third-order valence-corrected chi connectivity index (χ3v) is 6.21. The number of amides is 1. The standard InChI is InChI=1S/C27H23N5O4/c1-34-18-9-6-16(7-10-18)14-32-25(28)23(24-26(32)31-20-5-3-2-4-19(20)30-24)27(33)29-13-17-8-11-21-22(12-17)36-15-35-21/h2-12H,13-15,28H2,1H3,(H,29,33). The van der Waals surface area contributed by atoms with Crippen molar-refractivity contribution >= 4 is 33.9 Å². The van der Waals surface area contributed by atoms with Gasteiger partial charge in [-0.3, -0.25) is 4.79 Å². The summed E-state index contributed by atoms with van der Waals surface area (Å²) in [6, 6.07) is 20.8. The van der Waals surface area contributed by atoms with Crippen molar-refractivity contribution in [1.29, 1.82) is 0 Å². The molecule has 1 aliphatic heterocycles. The molecular weight excluding hydrogens is 458 g/mol. The fourth-order valence-electron chi connectivity index (χ4n) is 4.34. The first kappa shape index (κ1) is 21.7. The SMILES string of the molecule is COc1ccc(Cn2c(N)c(C(=O)NCc3ccc4c(c3)OCO4)c3nc4ccccc4nc32)cc1. The molecule has 0 fully saturated rings. The summed E-state index contributed by atoms with van der Waals surface area (Å²) < 4.78 is 17.9. The lowest BCUT2D eigenvalue weighted by atomic mass is 10.2. The predicted molar refractivity (Wildman–Crippen MR) is 135 cm³/mol. The van der Waals surface area contributed by atoms with Crippen molar-refractivity contribution in [3.63, 3.8) is 0 Å². The molecule has 9 heteroatoms. The van der Waals surface area contributed by atoms with Crippen LogP contribution in [0.1, 0.15) is 21.5 Å². The van der Waals surface area contributed by atoms with Gasteiger partial charge in [-0.05, 0) is 47.5 Å². The highest BCUT2D eigenvalue weighted by Crippen LogP contribution is 2.33. The summed E-state index contributed by atoms with van der Waals surface area (Å²) in [6.07, 6.45) is 0. The van der Waals surface area contributed by atoms with E-state index in [2.05, 4.69) is 5.32 Å². The molecule has 0 radical (unpaired) electrons. The molecule has 3 N–H and O–H groups in total. The quantitative estimate of drug-likeness (QED) is 0.378. The molecule has 0 spiro atoms. The molecule has 1 amide bonds. The fourth-order valence-corrected chi connectivity index (χ4v) is 4.34. The third kappa shape index (κ3) is 3.80. The zero-order chi connectivity index (χ0) is 24.6. The lowest BCUT2D eigenvalue weighted by Gasteiger charge is -2.09. The molecule has 0 unspecified atom stereocenters. The second kappa shape index (κ2) is 8.77. The Hall–Kier alpha value is -4.79. The van der Waals surface area contributed by atoms with Gasteiger partial charge in [0.05, 0.1) is 24.7 Å². The second-order valence-corrected chi connectivity index (χ2v) is 8.45. The minimum atomic E-state index is -0.326. The van der Waals surface area contributed by atoms with Crippen LogP contribution in [-0.2, 0) is 13.1 Å². The number of ether oxygens (including phenoxy) is 3. The number of nitrogens with two attached hydrogens (primary N) is 1. The number of benzene rings is 3. The number of hydrogen-bond donors (Lipinski definition) is 2. The van der Waals surface area contributed by atoms with E-state index in [0.717, 1.165) is 22.4 Å². The van der Waals surface area contributed by atoms with E-state index >= 15 is 0 Å². The van der Waals surface area contributed by atoms with Crippen LogP contribution < -0.4 is 25.3 Å². The van der Waals surface area contributed by atoms with Crippen molar-refractivity contribution in [2.24, 2.45) is 0 Å². The first-order valence-corrected chi connectivity index (χ1v) is 11.4. The average Bonchev–Trinajstić information content (AvgIpc) is 3.48. The van der Waals surface area contributed by atoms with Gasteiger partial charge in [-0.25, -0.2) is 9.97 Å². The number of rotatable bonds is 6. The van der Waals surface area contributed by atoms with E-state index in [-0.39, 0.29) is 12.7 Å². The van der Waals surface area contributed by atoms with Crippen molar-refractivity contribution in [1.82, 2.24) is 19.9 Å². The van der Waals surface area contributed by atoms with Crippen LogP contribution in [0.5, 0.6) is 17.2 Å². The molecule has 0 atom stereocenters. The van der Waals surface area contributed by atoms with E-state index in [1.807, 2.05) is 71.3 Å². The minimum absolute atomic E-state index is 0.196. The van der Waals surface area contributed by atoms with E-state index in [9.17, 15) is 4.79 Å². The summed E-state index contributed by atoms with van der Waals surface area (Å²) in [5.74, 6) is 2.10. The number of carbonyl (C=O) groups excluding carboxylic acids is 1. The molecule has 5 aromatic rings. The van der Waals surface area contributed by atoms with Crippen molar-refractivity contribution in [2.45, 2.75) is 13.1 Å². The molecule has 2 aromatic heterocycles. The highest BCUT2D eigenvalue weighted by atomic mass is 16.7. The van der Waals surface area contributed by atoms with E-state index in [0.29, 0.717) is 52.7 Å². The Balaban J connectivity index is 1.38. The van der Waals surface area contributed by atoms with Crippen molar-refractivity contribution in [2.75, 3.05) is 19.6 Å². The van der Waals surface area contributed by atoms with Gasteiger partial charge in [0.2, 0.25) is 6.79 Å². The zero-order valence-corrected chi connectivity index (χ0v) is 19.5. The zero-order valence-electron chi connectivity index (χ0n) is 19.5. The maximum absolute atomic E-state index is 13.4.